The van der Waals surface area contributed by atoms with E-state index in [1.54, 1.807) is 18.2 Å². The number of carbonyl (C=O) groups excluding carboxylic acids is 1. The normalized spacial score (nSPS) is 10.3. The molecule has 0 atom stereocenters. The Hall–Kier alpha value is -2.30. The van der Waals surface area contributed by atoms with Crippen LogP contribution in [0.3, 0.4) is 0 Å². The van der Waals surface area contributed by atoms with E-state index in [0.29, 0.717) is 11.1 Å². The van der Waals surface area contributed by atoms with Crippen molar-refractivity contribution in [2.75, 3.05) is 5.84 Å². The average Bonchev–Trinajstić information content (AvgIpc) is 2.60. The maximum atomic E-state index is 13.0. The van der Waals surface area contributed by atoms with Crippen LogP contribution in [0, 0.1) is 5.82 Å². The first kappa shape index (κ1) is 10.2. The predicted molar refractivity (Wildman–Crippen MR) is 58.5 cm³/mol. The molecule has 1 aromatic carbocycles. The number of aromatic nitrogens is 1. The molecular weight excluding hydrogens is 209 g/mol. The highest BCUT2D eigenvalue weighted by atomic mass is 19.1. The smallest absolute Gasteiger partial charge is 0.267 e. The van der Waals surface area contributed by atoms with Gasteiger partial charge in [-0.1, -0.05) is 12.1 Å². The van der Waals surface area contributed by atoms with Crippen LogP contribution in [0.4, 0.5) is 4.39 Å². The zero-order valence-electron chi connectivity index (χ0n) is 8.35. The Morgan fingerprint density at radius 2 is 2.06 bits per heavy atom. The topological polar surface area (TPSA) is 74.0 Å². The fourth-order valence-corrected chi connectivity index (χ4v) is 1.60. The molecular formula is C11H10FN3O. The lowest BCUT2D eigenvalue weighted by atomic mass is 10.1. The first-order chi connectivity index (χ1) is 7.59. The quantitative estimate of drug-likeness (QED) is 0.742. The summed E-state index contributed by atoms with van der Waals surface area (Å²) in [4.78, 5) is 11.2. The van der Waals surface area contributed by atoms with Crippen LogP contribution in [0.5, 0.6) is 0 Å². The van der Waals surface area contributed by atoms with E-state index in [1.165, 1.54) is 18.3 Å². The third kappa shape index (κ3) is 1.63. The summed E-state index contributed by atoms with van der Waals surface area (Å²) in [5.41, 5.74) is 6.45. The standard InChI is InChI=1S/C11H10FN3O/c12-8-3-1-2-7(6-8)9-4-5-15(14)10(9)11(13)16/h1-6H,14H2,(H2,13,16). The van der Waals surface area contributed by atoms with Crippen molar-refractivity contribution in [2.24, 2.45) is 5.73 Å². The highest BCUT2D eigenvalue weighted by Crippen LogP contribution is 2.24. The van der Waals surface area contributed by atoms with Crippen molar-refractivity contribution in [2.45, 2.75) is 0 Å². The van der Waals surface area contributed by atoms with Crippen molar-refractivity contribution in [3.63, 3.8) is 0 Å². The lowest BCUT2D eigenvalue weighted by Crippen LogP contribution is -2.21. The van der Waals surface area contributed by atoms with Crippen molar-refractivity contribution in [3.05, 3.63) is 48.0 Å². The van der Waals surface area contributed by atoms with Crippen molar-refractivity contribution in [3.8, 4) is 11.1 Å². The second kappa shape index (κ2) is 3.69. The molecule has 0 radical (unpaired) electrons. The second-order valence-corrected chi connectivity index (χ2v) is 3.36. The molecule has 16 heavy (non-hydrogen) atoms. The van der Waals surface area contributed by atoms with Crippen molar-refractivity contribution in [1.82, 2.24) is 4.68 Å². The molecule has 0 fully saturated rings. The van der Waals surface area contributed by atoms with Crippen LogP contribution in [0.15, 0.2) is 36.5 Å². The molecule has 1 aromatic heterocycles. The Balaban J connectivity index is 2.60. The molecule has 0 saturated carbocycles. The van der Waals surface area contributed by atoms with E-state index in [2.05, 4.69) is 0 Å². The van der Waals surface area contributed by atoms with Gasteiger partial charge in [0.15, 0.2) is 0 Å². The number of rotatable bonds is 2. The predicted octanol–water partition coefficient (Wildman–Crippen LogP) is 1.11. The van der Waals surface area contributed by atoms with Crippen molar-refractivity contribution < 1.29 is 9.18 Å². The largest absolute Gasteiger partial charge is 0.364 e. The molecule has 82 valence electrons. The molecule has 0 aliphatic carbocycles. The highest BCUT2D eigenvalue weighted by Gasteiger charge is 2.14. The van der Waals surface area contributed by atoms with Gasteiger partial charge in [-0.15, -0.1) is 0 Å². The molecule has 1 amide bonds. The number of nitrogens with two attached hydrogens (primary N) is 2. The summed E-state index contributed by atoms with van der Waals surface area (Å²) in [6.07, 6.45) is 1.50. The fraction of sp³-hybridized carbons (Fsp3) is 0. The van der Waals surface area contributed by atoms with E-state index in [1.807, 2.05) is 0 Å². The van der Waals surface area contributed by atoms with Gasteiger partial charge in [0.05, 0.1) is 0 Å². The number of hydrogen-bond acceptors (Lipinski definition) is 2. The Bertz CT molecular complexity index is 548. The number of amides is 1. The summed E-state index contributed by atoms with van der Waals surface area (Å²) in [7, 11) is 0. The number of nitrogen functional groups attached to an aromatic ring is 1. The fourth-order valence-electron chi connectivity index (χ4n) is 1.60. The van der Waals surface area contributed by atoms with Crippen LogP contribution in [-0.4, -0.2) is 10.6 Å². The number of halogens is 1. The van der Waals surface area contributed by atoms with E-state index in [9.17, 15) is 9.18 Å². The Kier molecular flexibility index (Phi) is 2.36. The van der Waals surface area contributed by atoms with Crippen molar-refractivity contribution in [1.29, 1.82) is 0 Å². The van der Waals surface area contributed by atoms with Gasteiger partial charge in [0, 0.05) is 11.8 Å². The van der Waals surface area contributed by atoms with Gasteiger partial charge in [-0.3, -0.25) is 9.47 Å². The van der Waals surface area contributed by atoms with Crippen LogP contribution in [-0.2, 0) is 0 Å². The highest BCUT2D eigenvalue weighted by molar-refractivity contribution is 5.98. The summed E-state index contributed by atoms with van der Waals surface area (Å²) >= 11 is 0. The molecule has 0 aliphatic rings. The molecule has 4 N–H and O–H groups in total. The number of carbonyl (C=O) groups is 1. The third-order valence-electron chi connectivity index (χ3n) is 2.28. The van der Waals surface area contributed by atoms with E-state index in [0.717, 1.165) is 4.68 Å². The van der Waals surface area contributed by atoms with Gasteiger partial charge in [-0.25, -0.2) is 4.39 Å². The molecule has 0 aliphatic heterocycles. The maximum absolute atomic E-state index is 13.0. The molecule has 5 heteroatoms. The number of primary amides is 1. The number of benzene rings is 1. The molecule has 2 rings (SSSR count). The van der Waals surface area contributed by atoms with Gasteiger partial charge in [0.2, 0.25) is 0 Å². The van der Waals surface area contributed by atoms with E-state index in [4.69, 9.17) is 11.6 Å². The van der Waals surface area contributed by atoms with Crippen molar-refractivity contribution >= 4 is 5.91 Å². The summed E-state index contributed by atoms with van der Waals surface area (Å²) in [6.45, 7) is 0. The van der Waals surface area contributed by atoms with Crippen LogP contribution in [0.2, 0.25) is 0 Å². The molecule has 0 unspecified atom stereocenters. The minimum absolute atomic E-state index is 0.158. The summed E-state index contributed by atoms with van der Waals surface area (Å²) < 4.78 is 14.2. The minimum atomic E-state index is -0.647. The SMILES string of the molecule is NC(=O)c1c(-c2cccc(F)c2)ccn1N. The van der Waals surface area contributed by atoms with Gasteiger partial charge >= 0.3 is 0 Å². The first-order valence-electron chi connectivity index (χ1n) is 4.62. The summed E-state index contributed by atoms with van der Waals surface area (Å²) in [5, 5.41) is 0. The Labute approximate surface area is 91.2 Å². The average molecular weight is 219 g/mol. The minimum Gasteiger partial charge on any atom is -0.364 e. The molecule has 4 nitrogen and oxygen atoms in total. The number of hydrogen-bond donors (Lipinski definition) is 2. The molecule has 0 spiro atoms. The van der Waals surface area contributed by atoms with E-state index < -0.39 is 5.91 Å². The lowest BCUT2D eigenvalue weighted by Gasteiger charge is -2.03. The summed E-state index contributed by atoms with van der Waals surface area (Å²) in [5.74, 6) is 4.52. The third-order valence-corrected chi connectivity index (χ3v) is 2.28. The van der Waals surface area contributed by atoms with Crippen LogP contribution in [0.25, 0.3) is 11.1 Å². The molecule has 2 aromatic rings. The Morgan fingerprint density at radius 1 is 1.31 bits per heavy atom. The molecule has 1 heterocycles. The second-order valence-electron chi connectivity index (χ2n) is 3.36. The van der Waals surface area contributed by atoms with E-state index >= 15 is 0 Å². The molecule has 0 bridgehead atoms. The Morgan fingerprint density at radius 3 is 2.69 bits per heavy atom. The van der Waals surface area contributed by atoms with Crippen LogP contribution < -0.4 is 11.6 Å². The zero-order chi connectivity index (χ0) is 11.7. The van der Waals surface area contributed by atoms with Crippen LogP contribution >= 0.6 is 0 Å². The molecule has 0 saturated heterocycles. The van der Waals surface area contributed by atoms with Gasteiger partial charge < -0.3 is 11.6 Å². The van der Waals surface area contributed by atoms with Crippen LogP contribution in [0.1, 0.15) is 10.5 Å². The van der Waals surface area contributed by atoms with Gasteiger partial charge in [0.25, 0.3) is 5.91 Å². The van der Waals surface area contributed by atoms with E-state index in [-0.39, 0.29) is 11.5 Å². The zero-order valence-corrected chi connectivity index (χ0v) is 8.35. The number of nitrogens with zero attached hydrogens (tertiary/aromatic N) is 1. The first-order valence-corrected chi connectivity index (χ1v) is 4.62. The monoisotopic (exact) mass is 219 g/mol. The van der Waals surface area contributed by atoms with Gasteiger partial charge in [-0.05, 0) is 23.8 Å². The van der Waals surface area contributed by atoms with Gasteiger partial charge in [-0.2, -0.15) is 0 Å². The maximum Gasteiger partial charge on any atom is 0.267 e. The lowest BCUT2D eigenvalue weighted by molar-refractivity contribution is 0.0994. The van der Waals surface area contributed by atoms with Gasteiger partial charge in [0.1, 0.15) is 11.5 Å². The summed E-state index contributed by atoms with van der Waals surface area (Å²) in [6, 6.07) is 7.51.